The third kappa shape index (κ3) is 3.88. The molecule has 1 aliphatic heterocycles. The number of halogens is 2. The summed E-state index contributed by atoms with van der Waals surface area (Å²) in [5.41, 5.74) is 2.81. The number of benzene rings is 2. The Morgan fingerprint density at radius 3 is 2.72 bits per heavy atom. The molecule has 2 amide bonds. The first-order valence-electron chi connectivity index (χ1n) is 8.68. The van der Waals surface area contributed by atoms with Gasteiger partial charge in [-0.1, -0.05) is 29.7 Å². The molecule has 0 aliphatic carbocycles. The van der Waals surface area contributed by atoms with Crippen molar-refractivity contribution in [1.29, 1.82) is 0 Å². The van der Waals surface area contributed by atoms with E-state index >= 15 is 0 Å². The van der Waals surface area contributed by atoms with Crippen molar-refractivity contribution in [3.63, 3.8) is 0 Å². The van der Waals surface area contributed by atoms with Crippen LogP contribution >= 0.6 is 22.9 Å². The van der Waals surface area contributed by atoms with E-state index in [2.05, 4.69) is 11.2 Å². The van der Waals surface area contributed by atoms with Crippen molar-refractivity contribution in [2.24, 2.45) is 0 Å². The SMILES string of the molecule is C#Cc1cccc(-c2cc(C(=O)N3CNC(=O)C3)sc2-c2cc(F)cc(Cl)c2)c1. The van der Waals surface area contributed by atoms with Crippen LogP contribution in [0.15, 0.2) is 48.5 Å². The highest BCUT2D eigenvalue weighted by atomic mass is 35.5. The molecule has 1 aromatic heterocycles. The predicted octanol–water partition coefficient (Wildman–Crippen LogP) is 4.39. The molecule has 0 bridgehead atoms. The number of nitrogens with one attached hydrogen (secondary N) is 1. The molecule has 7 heteroatoms. The van der Waals surface area contributed by atoms with E-state index in [1.165, 1.54) is 28.4 Å². The van der Waals surface area contributed by atoms with Gasteiger partial charge >= 0.3 is 0 Å². The van der Waals surface area contributed by atoms with E-state index in [4.69, 9.17) is 18.0 Å². The van der Waals surface area contributed by atoms with Gasteiger partial charge in [0.15, 0.2) is 0 Å². The molecule has 0 saturated carbocycles. The van der Waals surface area contributed by atoms with Crippen LogP contribution in [0.4, 0.5) is 4.39 Å². The van der Waals surface area contributed by atoms with Crippen LogP contribution in [0.25, 0.3) is 21.6 Å². The second kappa shape index (κ2) is 7.70. The van der Waals surface area contributed by atoms with Gasteiger partial charge in [-0.25, -0.2) is 4.39 Å². The molecule has 1 N–H and O–H groups in total. The van der Waals surface area contributed by atoms with Crippen molar-refractivity contribution in [2.45, 2.75) is 0 Å². The fourth-order valence-corrected chi connectivity index (χ4v) is 4.51. The van der Waals surface area contributed by atoms with E-state index in [1.54, 1.807) is 12.1 Å². The van der Waals surface area contributed by atoms with Crippen LogP contribution in [-0.2, 0) is 4.79 Å². The van der Waals surface area contributed by atoms with E-state index in [1.807, 2.05) is 24.3 Å². The Bertz CT molecular complexity index is 1160. The third-order valence-electron chi connectivity index (χ3n) is 4.50. The zero-order valence-electron chi connectivity index (χ0n) is 15.0. The lowest BCUT2D eigenvalue weighted by molar-refractivity contribution is -0.118. The number of carbonyl (C=O) groups is 2. The van der Waals surface area contributed by atoms with E-state index < -0.39 is 5.82 Å². The number of nitrogens with zero attached hydrogens (tertiary/aromatic N) is 1. The average molecular weight is 425 g/mol. The van der Waals surface area contributed by atoms with E-state index in [0.29, 0.717) is 20.9 Å². The Hall–Kier alpha value is -3.14. The topological polar surface area (TPSA) is 49.4 Å². The highest BCUT2D eigenvalue weighted by molar-refractivity contribution is 7.18. The van der Waals surface area contributed by atoms with Crippen molar-refractivity contribution in [2.75, 3.05) is 13.2 Å². The summed E-state index contributed by atoms with van der Waals surface area (Å²) in [4.78, 5) is 26.9. The summed E-state index contributed by atoms with van der Waals surface area (Å²) < 4.78 is 14.0. The second-order valence-corrected chi connectivity index (χ2v) is 7.99. The van der Waals surface area contributed by atoms with Gasteiger partial charge in [-0.15, -0.1) is 17.8 Å². The molecule has 1 fully saturated rings. The molecule has 0 unspecified atom stereocenters. The summed E-state index contributed by atoms with van der Waals surface area (Å²) in [6.45, 7) is 0.179. The lowest BCUT2D eigenvalue weighted by Gasteiger charge is -2.11. The Morgan fingerprint density at radius 2 is 2.03 bits per heavy atom. The summed E-state index contributed by atoms with van der Waals surface area (Å²) >= 11 is 7.28. The monoisotopic (exact) mass is 424 g/mol. The first-order valence-corrected chi connectivity index (χ1v) is 9.87. The summed E-state index contributed by atoms with van der Waals surface area (Å²) in [6, 6.07) is 13.4. The van der Waals surface area contributed by atoms with Gasteiger partial charge in [-0.2, -0.15) is 0 Å². The maximum Gasteiger partial charge on any atom is 0.265 e. The molecule has 4 nitrogen and oxygen atoms in total. The highest BCUT2D eigenvalue weighted by Gasteiger charge is 2.27. The molecule has 2 heterocycles. The highest BCUT2D eigenvalue weighted by Crippen LogP contribution is 2.41. The largest absolute Gasteiger partial charge is 0.337 e. The first-order chi connectivity index (χ1) is 13.9. The second-order valence-electron chi connectivity index (χ2n) is 6.50. The van der Waals surface area contributed by atoms with Crippen LogP contribution in [0.2, 0.25) is 5.02 Å². The maximum atomic E-state index is 14.0. The van der Waals surface area contributed by atoms with Crippen molar-refractivity contribution < 1.29 is 14.0 Å². The minimum Gasteiger partial charge on any atom is -0.337 e. The Labute approximate surface area is 175 Å². The predicted molar refractivity (Wildman–Crippen MR) is 112 cm³/mol. The fraction of sp³-hybridized carbons (Fsp3) is 0.0909. The minimum absolute atomic E-state index is 0.0137. The van der Waals surface area contributed by atoms with Crippen molar-refractivity contribution in [3.05, 3.63) is 69.8 Å². The van der Waals surface area contributed by atoms with Crippen molar-refractivity contribution in [3.8, 4) is 33.9 Å². The molecule has 0 spiro atoms. The summed E-state index contributed by atoms with van der Waals surface area (Å²) in [7, 11) is 0. The molecule has 2 aromatic carbocycles. The van der Waals surface area contributed by atoms with Gasteiger partial charge in [0.05, 0.1) is 11.5 Å². The standard InChI is InChI=1S/C22H14ClFN2O2S/c1-2-13-4-3-5-14(6-13)18-10-19(22(28)26-11-20(27)25-12-26)29-21(18)15-7-16(23)9-17(24)8-15/h1,3-10H,11-12H2,(H,25,27). The van der Waals surface area contributed by atoms with Crippen LogP contribution in [0.3, 0.4) is 0 Å². The minimum atomic E-state index is -0.466. The molecular formula is C22H14ClFN2O2S. The quantitative estimate of drug-likeness (QED) is 0.634. The van der Waals surface area contributed by atoms with Crippen LogP contribution in [0, 0.1) is 18.2 Å². The van der Waals surface area contributed by atoms with Gasteiger partial charge in [0.1, 0.15) is 12.4 Å². The number of hydrogen-bond acceptors (Lipinski definition) is 3. The van der Waals surface area contributed by atoms with Crippen LogP contribution in [0.5, 0.6) is 0 Å². The smallest absolute Gasteiger partial charge is 0.265 e. The van der Waals surface area contributed by atoms with Crippen LogP contribution in [-0.4, -0.2) is 29.9 Å². The lowest BCUT2D eigenvalue weighted by Crippen LogP contribution is -2.28. The fourth-order valence-electron chi connectivity index (χ4n) is 3.15. The van der Waals surface area contributed by atoms with E-state index in [-0.39, 0.29) is 30.1 Å². The molecule has 0 radical (unpaired) electrons. The normalized spacial score (nSPS) is 13.3. The van der Waals surface area contributed by atoms with E-state index in [0.717, 1.165) is 11.1 Å². The third-order valence-corrected chi connectivity index (χ3v) is 5.89. The number of rotatable bonds is 3. The molecule has 29 heavy (non-hydrogen) atoms. The molecule has 1 aliphatic rings. The van der Waals surface area contributed by atoms with Crippen molar-refractivity contribution >= 4 is 34.8 Å². The summed E-state index contributed by atoms with van der Waals surface area (Å²) in [5, 5.41) is 2.88. The Balaban J connectivity index is 1.85. The Kier molecular flexibility index (Phi) is 5.10. The van der Waals surface area contributed by atoms with Gasteiger partial charge in [0, 0.05) is 21.0 Å². The lowest BCUT2D eigenvalue weighted by atomic mass is 10.0. The van der Waals surface area contributed by atoms with Gasteiger partial charge in [-0.05, 0) is 47.5 Å². The molecular weight excluding hydrogens is 411 g/mol. The van der Waals surface area contributed by atoms with Crippen LogP contribution < -0.4 is 5.32 Å². The van der Waals surface area contributed by atoms with Crippen molar-refractivity contribution in [1.82, 2.24) is 10.2 Å². The summed E-state index contributed by atoms with van der Waals surface area (Å²) in [6.07, 6.45) is 5.52. The number of thiophene rings is 1. The number of terminal acetylenes is 1. The number of amides is 2. The zero-order chi connectivity index (χ0) is 20.5. The van der Waals surface area contributed by atoms with Gasteiger partial charge in [-0.3, -0.25) is 9.59 Å². The molecule has 144 valence electrons. The zero-order valence-corrected chi connectivity index (χ0v) is 16.6. The molecule has 1 saturated heterocycles. The Morgan fingerprint density at radius 1 is 1.21 bits per heavy atom. The first kappa shape index (κ1) is 19.2. The summed E-state index contributed by atoms with van der Waals surface area (Å²) in [5.74, 6) is 1.66. The molecule has 0 atom stereocenters. The average Bonchev–Trinajstić information content (AvgIpc) is 3.33. The van der Waals surface area contributed by atoms with E-state index in [9.17, 15) is 14.0 Å². The van der Waals surface area contributed by atoms with Gasteiger partial charge < -0.3 is 10.2 Å². The van der Waals surface area contributed by atoms with Crippen LogP contribution in [0.1, 0.15) is 15.2 Å². The van der Waals surface area contributed by atoms with Gasteiger partial charge in [0.2, 0.25) is 5.91 Å². The maximum absolute atomic E-state index is 14.0. The van der Waals surface area contributed by atoms with Gasteiger partial charge in [0.25, 0.3) is 5.91 Å². The molecule has 4 rings (SSSR count). The molecule has 3 aromatic rings. The number of carbonyl (C=O) groups excluding carboxylic acids is 2. The number of hydrogen-bond donors (Lipinski definition) is 1.